The van der Waals surface area contributed by atoms with E-state index in [2.05, 4.69) is 10.00 Å². The highest BCUT2D eigenvalue weighted by molar-refractivity contribution is 5.78. The molecule has 6 nitrogen and oxygen atoms in total. The molecule has 1 saturated heterocycles. The lowest BCUT2D eigenvalue weighted by Crippen LogP contribution is -2.51. The molecule has 0 aromatic carbocycles. The van der Waals surface area contributed by atoms with Crippen molar-refractivity contribution in [3.8, 4) is 0 Å². The summed E-state index contributed by atoms with van der Waals surface area (Å²) in [7, 11) is 0. The molecule has 0 spiro atoms. The van der Waals surface area contributed by atoms with Gasteiger partial charge in [0.25, 0.3) is 0 Å². The zero-order valence-electron chi connectivity index (χ0n) is 12.3. The van der Waals surface area contributed by atoms with Crippen LogP contribution in [0.25, 0.3) is 0 Å². The Balaban J connectivity index is 1.79. The van der Waals surface area contributed by atoms with Crippen molar-refractivity contribution in [2.24, 2.45) is 5.92 Å². The van der Waals surface area contributed by atoms with E-state index >= 15 is 0 Å². The summed E-state index contributed by atoms with van der Waals surface area (Å²) in [4.78, 5) is 16.5. The molecular weight excluding hydrogens is 256 g/mol. The minimum Gasteiger partial charge on any atom is -0.392 e. The van der Waals surface area contributed by atoms with Crippen molar-refractivity contribution in [2.45, 2.75) is 26.5 Å². The van der Waals surface area contributed by atoms with Crippen LogP contribution >= 0.6 is 0 Å². The van der Waals surface area contributed by atoms with E-state index in [9.17, 15) is 9.90 Å². The average Bonchev–Trinajstić information content (AvgIpc) is 2.91. The SMILES string of the molecule is C[C@@H](O)CN1CCN(C(=O)[C@@H](C)Cn2cccn2)CC1. The van der Waals surface area contributed by atoms with Gasteiger partial charge in [0.2, 0.25) is 5.91 Å². The molecule has 2 atom stereocenters. The molecule has 20 heavy (non-hydrogen) atoms. The molecule has 0 unspecified atom stereocenters. The second kappa shape index (κ2) is 6.85. The van der Waals surface area contributed by atoms with Crippen LogP contribution in [0.1, 0.15) is 13.8 Å². The van der Waals surface area contributed by atoms with E-state index in [0.29, 0.717) is 13.1 Å². The number of aliphatic hydroxyl groups excluding tert-OH is 1. The number of carbonyl (C=O) groups is 1. The summed E-state index contributed by atoms with van der Waals surface area (Å²) >= 11 is 0. The Morgan fingerprint density at radius 3 is 2.50 bits per heavy atom. The molecule has 0 radical (unpaired) electrons. The maximum Gasteiger partial charge on any atom is 0.227 e. The standard InChI is InChI=1S/C14H24N4O2/c1-12(10-18-5-3-4-15-18)14(20)17-8-6-16(7-9-17)11-13(2)19/h3-5,12-13,19H,6-11H2,1-2H3/t12-,13+/m0/s1. The molecule has 2 rings (SSSR count). The first-order valence-corrected chi connectivity index (χ1v) is 7.23. The molecule has 1 N–H and O–H groups in total. The quantitative estimate of drug-likeness (QED) is 0.827. The van der Waals surface area contributed by atoms with Crippen LogP contribution in [0.3, 0.4) is 0 Å². The van der Waals surface area contributed by atoms with Gasteiger partial charge >= 0.3 is 0 Å². The summed E-state index contributed by atoms with van der Waals surface area (Å²) in [5, 5.41) is 13.5. The number of piperazine rings is 1. The second-order valence-corrected chi connectivity index (χ2v) is 5.60. The van der Waals surface area contributed by atoms with Crippen molar-refractivity contribution >= 4 is 5.91 Å². The summed E-state index contributed by atoms with van der Waals surface area (Å²) in [6, 6.07) is 1.87. The van der Waals surface area contributed by atoms with E-state index in [4.69, 9.17) is 0 Å². The number of nitrogens with zero attached hydrogens (tertiary/aromatic N) is 4. The van der Waals surface area contributed by atoms with Crippen molar-refractivity contribution in [2.75, 3.05) is 32.7 Å². The molecule has 6 heteroatoms. The van der Waals surface area contributed by atoms with Gasteiger partial charge in [-0.05, 0) is 13.0 Å². The number of β-amino-alcohol motifs (C(OH)–C–C–N with tert-alkyl or cyclic N) is 1. The lowest BCUT2D eigenvalue weighted by molar-refractivity contribution is -0.137. The lowest BCUT2D eigenvalue weighted by atomic mass is 10.1. The first-order valence-electron chi connectivity index (χ1n) is 7.23. The molecule has 1 fully saturated rings. The second-order valence-electron chi connectivity index (χ2n) is 5.60. The average molecular weight is 280 g/mol. The Morgan fingerprint density at radius 2 is 1.95 bits per heavy atom. The minimum atomic E-state index is -0.309. The molecular formula is C14H24N4O2. The number of carbonyl (C=O) groups excluding carboxylic acids is 1. The van der Waals surface area contributed by atoms with Crippen molar-refractivity contribution in [1.82, 2.24) is 19.6 Å². The van der Waals surface area contributed by atoms with E-state index in [0.717, 1.165) is 26.2 Å². The highest BCUT2D eigenvalue weighted by atomic mass is 16.3. The Morgan fingerprint density at radius 1 is 1.25 bits per heavy atom. The Kier molecular flexibility index (Phi) is 5.14. The predicted octanol–water partition coefficient (Wildman–Crippen LogP) is 0.0442. The van der Waals surface area contributed by atoms with Crippen LogP contribution in [0.5, 0.6) is 0 Å². The van der Waals surface area contributed by atoms with Crippen molar-refractivity contribution in [3.05, 3.63) is 18.5 Å². The molecule has 1 aliphatic heterocycles. The molecule has 1 amide bonds. The Hall–Kier alpha value is -1.40. The van der Waals surface area contributed by atoms with Crippen LogP contribution in [0.15, 0.2) is 18.5 Å². The summed E-state index contributed by atoms with van der Waals surface area (Å²) < 4.78 is 1.80. The zero-order valence-corrected chi connectivity index (χ0v) is 12.3. The van der Waals surface area contributed by atoms with Crippen LogP contribution in [-0.4, -0.2) is 69.4 Å². The molecule has 0 saturated carbocycles. The Labute approximate surface area is 120 Å². The van der Waals surface area contributed by atoms with E-state index in [-0.39, 0.29) is 17.9 Å². The predicted molar refractivity (Wildman–Crippen MR) is 76.1 cm³/mol. The number of hydrogen-bond donors (Lipinski definition) is 1. The summed E-state index contributed by atoms with van der Waals surface area (Å²) in [5.74, 6) is 0.135. The van der Waals surface area contributed by atoms with Crippen LogP contribution in [-0.2, 0) is 11.3 Å². The topological polar surface area (TPSA) is 61.6 Å². The van der Waals surface area contributed by atoms with E-state index < -0.39 is 0 Å². The van der Waals surface area contributed by atoms with Crippen molar-refractivity contribution in [1.29, 1.82) is 0 Å². The van der Waals surface area contributed by atoms with E-state index in [1.165, 1.54) is 0 Å². The number of aliphatic hydroxyl groups is 1. The summed E-state index contributed by atoms with van der Waals surface area (Å²) in [6.45, 7) is 8.22. The first kappa shape index (κ1) is 15.0. The normalized spacial score (nSPS) is 19.9. The smallest absolute Gasteiger partial charge is 0.227 e. The number of amides is 1. The summed E-state index contributed by atoms with van der Waals surface area (Å²) in [5.41, 5.74) is 0. The minimum absolute atomic E-state index is 0.0572. The fourth-order valence-corrected chi connectivity index (χ4v) is 2.60. The first-order chi connectivity index (χ1) is 9.56. The number of aromatic nitrogens is 2. The maximum absolute atomic E-state index is 12.4. The third-order valence-corrected chi connectivity index (χ3v) is 3.65. The third-order valence-electron chi connectivity index (χ3n) is 3.65. The van der Waals surface area contributed by atoms with E-state index in [1.54, 1.807) is 17.8 Å². The highest BCUT2D eigenvalue weighted by Gasteiger charge is 2.25. The van der Waals surface area contributed by atoms with Gasteiger partial charge in [-0.1, -0.05) is 6.92 Å². The van der Waals surface area contributed by atoms with Gasteiger partial charge in [-0.15, -0.1) is 0 Å². The molecule has 1 aromatic heterocycles. The van der Waals surface area contributed by atoms with Gasteiger partial charge < -0.3 is 10.0 Å². The van der Waals surface area contributed by atoms with Crippen LogP contribution in [0.4, 0.5) is 0 Å². The monoisotopic (exact) mass is 280 g/mol. The van der Waals surface area contributed by atoms with Gasteiger partial charge in [0.1, 0.15) is 0 Å². The number of rotatable bonds is 5. The lowest BCUT2D eigenvalue weighted by Gasteiger charge is -2.36. The van der Waals surface area contributed by atoms with Gasteiger partial charge in [-0.25, -0.2) is 0 Å². The van der Waals surface area contributed by atoms with Gasteiger partial charge in [-0.3, -0.25) is 14.4 Å². The molecule has 112 valence electrons. The molecule has 1 aliphatic rings. The largest absolute Gasteiger partial charge is 0.392 e. The Bertz CT molecular complexity index is 411. The van der Waals surface area contributed by atoms with Gasteiger partial charge in [0.15, 0.2) is 0 Å². The zero-order chi connectivity index (χ0) is 14.5. The maximum atomic E-state index is 12.4. The van der Waals surface area contributed by atoms with Gasteiger partial charge in [-0.2, -0.15) is 5.10 Å². The fourth-order valence-electron chi connectivity index (χ4n) is 2.60. The fraction of sp³-hybridized carbons (Fsp3) is 0.714. The third kappa shape index (κ3) is 4.05. The van der Waals surface area contributed by atoms with Crippen LogP contribution in [0.2, 0.25) is 0 Å². The molecule has 1 aromatic rings. The van der Waals surface area contributed by atoms with Crippen LogP contribution in [0, 0.1) is 5.92 Å². The molecule has 0 aliphatic carbocycles. The summed E-state index contributed by atoms with van der Waals surface area (Å²) in [6.07, 6.45) is 3.30. The highest BCUT2D eigenvalue weighted by Crippen LogP contribution is 2.09. The van der Waals surface area contributed by atoms with Crippen molar-refractivity contribution in [3.63, 3.8) is 0 Å². The van der Waals surface area contributed by atoms with Crippen molar-refractivity contribution < 1.29 is 9.90 Å². The molecule has 2 heterocycles. The van der Waals surface area contributed by atoms with Gasteiger partial charge in [0, 0.05) is 45.1 Å². The molecule has 0 bridgehead atoms. The number of hydrogen-bond acceptors (Lipinski definition) is 4. The van der Waals surface area contributed by atoms with E-state index in [1.807, 2.05) is 24.1 Å². The van der Waals surface area contributed by atoms with Gasteiger partial charge in [0.05, 0.1) is 18.6 Å². The van der Waals surface area contributed by atoms with Crippen LogP contribution < -0.4 is 0 Å².